The first-order valence-corrected chi connectivity index (χ1v) is 7.32. The van der Waals surface area contributed by atoms with E-state index in [1.807, 2.05) is 6.07 Å². The highest BCUT2D eigenvalue weighted by atomic mass is 19.1. The number of nitriles is 1. The molecule has 1 fully saturated rings. The first kappa shape index (κ1) is 15.9. The zero-order valence-corrected chi connectivity index (χ0v) is 12.6. The van der Waals surface area contributed by atoms with Gasteiger partial charge in [-0.1, -0.05) is 6.07 Å². The minimum Gasteiger partial charge on any atom is -0.392 e. The third-order valence-corrected chi connectivity index (χ3v) is 3.92. The van der Waals surface area contributed by atoms with Gasteiger partial charge in [-0.15, -0.1) is 0 Å². The van der Waals surface area contributed by atoms with Crippen LogP contribution in [0.5, 0.6) is 0 Å². The Morgan fingerprint density at radius 2 is 2.24 bits per heavy atom. The van der Waals surface area contributed by atoms with Gasteiger partial charge in [0.15, 0.2) is 0 Å². The van der Waals surface area contributed by atoms with Crippen LogP contribution in [-0.2, 0) is 6.54 Å². The van der Waals surface area contributed by atoms with Crippen LogP contribution in [-0.4, -0.2) is 53.2 Å². The monoisotopic (exact) mass is 291 g/mol. The molecular formula is C16H22FN3O. The molecule has 0 amide bonds. The van der Waals surface area contributed by atoms with Gasteiger partial charge in [-0.3, -0.25) is 9.80 Å². The molecule has 114 valence electrons. The summed E-state index contributed by atoms with van der Waals surface area (Å²) < 4.78 is 13.9. The first-order chi connectivity index (χ1) is 9.99. The molecule has 0 bridgehead atoms. The van der Waals surface area contributed by atoms with E-state index in [1.165, 1.54) is 6.07 Å². The number of benzene rings is 1. The third kappa shape index (κ3) is 4.24. The van der Waals surface area contributed by atoms with Gasteiger partial charge < -0.3 is 5.11 Å². The van der Waals surface area contributed by atoms with E-state index in [1.54, 1.807) is 19.1 Å². The maximum absolute atomic E-state index is 13.9. The lowest BCUT2D eigenvalue weighted by atomic mass is 10.1. The summed E-state index contributed by atoms with van der Waals surface area (Å²) in [6.45, 7) is 7.76. The number of nitrogens with zero attached hydrogens (tertiary/aromatic N) is 3. The molecule has 0 unspecified atom stereocenters. The fourth-order valence-corrected chi connectivity index (χ4v) is 2.81. The van der Waals surface area contributed by atoms with Gasteiger partial charge >= 0.3 is 0 Å². The standard InChI is InChI=1S/C16H22FN3O/c1-12-9-19(5-6-20(12)10-13(2)21)11-15-4-3-14(8-18)7-16(15)17/h3-4,7,12-13,21H,5-6,9-11H2,1-2H3/t12-,13+/m0/s1. The molecule has 0 spiro atoms. The van der Waals surface area contributed by atoms with E-state index in [4.69, 9.17) is 5.26 Å². The van der Waals surface area contributed by atoms with Crippen LogP contribution in [0.4, 0.5) is 4.39 Å². The van der Waals surface area contributed by atoms with Gasteiger partial charge in [0.2, 0.25) is 0 Å². The summed E-state index contributed by atoms with van der Waals surface area (Å²) in [6.07, 6.45) is -0.324. The number of hydrogen-bond acceptors (Lipinski definition) is 4. The molecule has 21 heavy (non-hydrogen) atoms. The molecule has 1 saturated heterocycles. The smallest absolute Gasteiger partial charge is 0.129 e. The second-order valence-corrected chi connectivity index (χ2v) is 5.85. The molecule has 0 aliphatic carbocycles. The minimum atomic E-state index is -0.324. The molecule has 1 aliphatic rings. The Morgan fingerprint density at radius 3 is 2.81 bits per heavy atom. The number of hydrogen-bond donors (Lipinski definition) is 1. The number of piperazine rings is 1. The molecular weight excluding hydrogens is 269 g/mol. The van der Waals surface area contributed by atoms with E-state index in [0.717, 1.165) is 19.6 Å². The highest BCUT2D eigenvalue weighted by molar-refractivity contribution is 5.32. The van der Waals surface area contributed by atoms with Crippen LogP contribution in [0.3, 0.4) is 0 Å². The molecule has 5 heteroatoms. The van der Waals surface area contributed by atoms with E-state index >= 15 is 0 Å². The van der Waals surface area contributed by atoms with Crippen molar-refractivity contribution < 1.29 is 9.50 Å². The summed E-state index contributed by atoms with van der Waals surface area (Å²) in [6, 6.07) is 6.94. The average Bonchev–Trinajstić information content (AvgIpc) is 2.43. The van der Waals surface area contributed by atoms with E-state index in [-0.39, 0.29) is 11.9 Å². The lowest BCUT2D eigenvalue weighted by molar-refractivity contribution is 0.0419. The lowest BCUT2D eigenvalue weighted by Gasteiger charge is -2.40. The topological polar surface area (TPSA) is 50.5 Å². The fourth-order valence-electron chi connectivity index (χ4n) is 2.81. The molecule has 1 aliphatic heterocycles. The molecule has 1 aromatic rings. The van der Waals surface area contributed by atoms with Gasteiger partial charge in [-0.25, -0.2) is 4.39 Å². The van der Waals surface area contributed by atoms with Crippen molar-refractivity contribution in [2.45, 2.75) is 32.5 Å². The predicted molar refractivity (Wildman–Crippen MR) is 79.1 cm³/mol. The summed E-state index contributed by atoms with van der Waals surface area (Å²) >= 11 is 0. The number of halogens is 1. The normalized spacial score (nSPS) is 22.0. The second kappa shape index (κ2) is 6.99. The maximum Gasteiger partial charge on any atom is 0.129 e. The van der Waals surface area contributed by atoms with Crippen LogP contribution < -0.4 is 0 Å². The maximum atomic E-state index is 13.9. The van der Waals surface area contributed by atoms with Gasteiger partial charge in [0.05, 0.1) is 17.7 Å². The van der Waals surface area contributed by atoms with Crippen LogP contribution in [0.25, 0.3) is 0 Å². The summed E-state index contributed by atoms with van der Waals surface area (Å²) in [5.74, 6) is -0.312. The van der Waals surface area contributed by atoms with Crippen LogP contribution >= 0.6 is 0 Å². The van der Waals surface area contributed by atoms with Crippen LogP contribution in [0.2, 0.25) is 0 Å². The molecule has 1 N–H and O–H groups in total. The van der Waals surface area contributed by atoms with Gasteiger partial charge in [-0.2, -0.15) is 5.26 Å². The van der Waals surface area contributed by atoms with Gasteiger partial charge in [0.1, 0.15) is 5.82 Å². The average molecular weight is 291 g/mol. The van der Waals surface area contributed by atoms with Gasteiger partial charge in [-0.05, 0) is 26.0 Å². The van der Waals surface area contributed by atoms with Crippen LogP contribution in [0.1, 0.15) is 25.0 Å². The molecule has 4 nitrogen and oxygen atoms in total. The number of β-amino-alcohol motifs (C(OH)–C–C–N with tert-alkyl or cyclic N) is 1. The summed E-state index contributed by atoms with van der Waals surface area (Å²) in [4.78, 5) is 4.48. The Balaban J connectivity index is 1.95. The Bertz CT molecular complexity index is 527. The van der Waals surface area contributed by atoms with Gasteiger partial charge in [0, 0.05) is 44.3 Å². The van der Waals surface area contributed by atoms with Crippen molar-refractivity contribution in [2.75, 3.05) is 26.2 Å². The minimum absolute atomic E-state index is 0.312. The molecule has 1 aromatic carbocycles. The lowest BCUT2D eigenvalue weighted by Crippen LogP contribution is -2.53. The molecule has 0 saturated carbocycles. The van der Waals surface area contributed by atoms with Crippen molar-refractivity contribution in [3.8, 4) is 6.07 Å². The Morgan fingerprint density at radius 1 is 1.48 bits per heavy atom. The zero-order chi connectivity index (χ0) is 15.4. The van der Waals surface area contributed by atoms with Gasteiger partial charge in [0.25, 0.3) is 0 Å². The summed E-state index contributed by atoms with van der Waals surface area (Å²) in [7, 11) is 0. The Hall–Kier alpha value is -1.48. The van der Waals surface area contributed by atoms with E-state index in [0.29, 0.717) is 30.3 Å². The van der Waals surface area contributed by atoms with Crippen molar-refractivity contribution in [3.05, 3.63) is 35.1 Å². The van der Waals surface area contributed by atoms with E-state index < -0.39 is 0 Å². The van der Waals surface area contributed by atoms with Crippen LogP contribution in [0, 0.1) is 17.1 Å². The molecule has 2 atom stereocenters. The van der Waals surface area contributed by atoms with Crippen molar-refractivity contribution in [2.24, 2.45) is 0 Å². The van der Waals surface area contributed by atoms with Crippen molar-refractivity contribution in [1.29, 1.82) is 5.26 Å². The van der Waals surface area contributed by atoms with Crippen molar-refractivity contribution in [3.63, 3.8) is 0 Å². The fraction of sp³-hybridized carbons (Fsp3) is 0.562. The van der Waals surface area contributed by atoms with E-state index in [2.05, 4.69) is 16.7 Å². The highest BCUT2D eigenvalue weighted by Gasteiger charge is 2.24. The number of rotatable bonds is 4. The number of aliphatic hydroxyl groups is 1. The SMILES string of the molecule is C[C@@H](O)CN1CCN(Cc2ccc(C#N)cc2F)C[C@@H]1C. The van der Waals surface area contributed by atoms with Crippen LogP contribution in [0.15, 0.2) is 18.2 Å². The Labute approximate surface area is 125 Å². The summed E-state index contributed by atoms with van der Waals surface area (Å²) in [5, 5.41) is 18.2. The largest absolute Gasteiger partial charge is 0.392 e. The Kier molecular flexibility index (Phi) is 5.29. The van der Waals surface area contributed by atoms with Crippen molar-refractivity contribution >= 4 is 0 Å². The zero-order valence-electron chi connectivity index (χ0n) is 12.6. The molecule has 0 radical (unpaired) electrons. The molecule has 1 heterocycles. The third-order valence-electron chi connectivity index (χ3n) is 3.92. The molecule has 2 rings (SSSR count). The summed E-state index contributed by atoms with van der Waals surface area (Å²) in [5.41, 5.74) is 0.983. The quantitative estimate of drug-likeness (QED) is 0.915. The second-order valence-electron chi connectivity index (χ2n) is 5.85. The number of aliphatic hydroxyl groups excluding tert-OH is 1. The molecule has 0 aromatic heterocycles. The predicted octanol–water partition coefficient (Wildman–Crippen LogP) is 1.58. The highest BCUT2D eigenvalue weighted by Crippen LogP contribution is 2.16. The van der Waals surface area contributed by atoms with Crippen molar-refractivity contribution in [1.82, 2.24) is 9.80 Å². The van der Waals surface area contributed by atoms with E-state index in [9.17, 15) is 9.50 Å². The first-order valence-electron chi connectivity index (χ1n) is 7.32.